The first kappa shape index (κ1) is 15.0. The third-order valence-corrected chi connectivity index (χ3v) is 4.19. The molecular formula is C13H12ClNO3S2. The van der Waals surface area contributed by atoms with Gasteiger partial charge in [-0.25, -0.2) is 0 Å². The smallest absolute Gasteiger partial charge is 0.265 e. The highest BCUT2D eigenvalue weighted by molar-refractivity contribution is 7.80. The van der Waals surface area contributed by atoms with E-state index in [0.29, 0.717) is 27.1 Å². The third kappa shape index (κ3) is 3.20. The Hall–Kier alpha value is -1.37. The summed E-state index contributed by atoms with van der Waals surface area (Å²) in [7, 11) is 3.02. The van der Waals surface area contributed by atoms with Gasteiger partial charge in [-0.15, -0.1) is 24.0 Å². The molecule has 1 N–H and O–H groups in total. The van der Waals surface area contributed by atoms with Crippen molar-refractivity contribution in [2.45, 2.75) is 4.90 Å². The first-order valence-electron chi connectivity index (χ1n) is 5.55. The molecule has 0 saturated heterocycles. The molecule has 1 heterocycles. The van der Waals surface area contributed by atoms with Gasteiger partial charge in [0, 0.05) is 16.3 Å². The van der Waals surface area contributed by atoms with Crippen LogP contribution >= 0.6 is 35.6 Å². The number of halogens is 1. The molecule has 7 heteroatoms. The van der Waals surface area contributed by atoms with Gasteiger partial charge in [0.2, 0.25) is 0 Å². The van der Waals surface area contributed by atoms with E-state index in [1.807, 2.05) is 0 Å². The monoisotopic (exact) mass is 329 g/mol. The van der Waals surface area contributed by atoms with E-state index in [4.69, 9.17) is 21.1 Å². The van der Waals surface area contributed by atoms with E-state index in [-0.39, 0.29) is 5.91 Å². The zero-order valence-corrected chi connectivity index (χ0v) is 13.2. The van der Waals surface area contributed by atoms with E-state index in [9.17, 15) is 4.79 Å². The number of methoxy groups -OCH3 is 2. The first-order valence-corrected chi connectivity index (χ1v) is 7.26. The number of ether oxygens (including phenoxy) is 2. The molecule has 0 aliphatic rings. The van der Waals surface area contributed by atoms with Gasteiger partial charge in [0.1, 0.15) is 11.5 Å². The van der Waals surface area contributed by atoms with Crippen LogP contribution in [0.5, 0.6) is 11.5 Å². The zero-order valence-electron chi connectivity index (χ0n) is 10.8. The van der Waals surface area contributed by atoms with Crippen molar-refractivity contribution in [1.82, 2.24) is 0 Å². The van der Waals surface area contributed by atoms with E-state index < -0.39 is 0 Å². The van der Waals surface area contributed by atoms with Crippen LogP contribution in [-0.4, -0.2) is 20.1 Å². The summed E-state index contributed by atoms with van der Waals surface area (Å²) in [6.45, 7) is 0. The molecule has 2 rings (SSSR count). The predicted molar refractivity (Wildman–Crippen MR) is 84.1 cm³/mol. The van der Waals surface area contributed by atoms with Crippen molar-refractivity contribution < 1.29 is 14.3 Å². The topological polar surface area (TPSA) is 47.6 Å². The maximum absolute atomic E-state index is 12.1. The van der Waals surface area contributed by atoms with Crippen molar-refractivity contribution in [2.24, 2.45) is 0 Å². The lowest BCUT2D eigenvalue weighted by atomic mass is 10.2. The largest absolute Gasteiger partial charge is 0.495 e. The highest BCUT2D eigenvalue weighted by atomic mass is 35.5. The summed E-state index contributed by atoms with van der Waals surface area (Å²) < 4.78 is 10.3. The van der Waals surface area contributed by atoms with Crippen LogP contribution in [-0.2, 0) is 0 Å². The Labute approximate surface area is 131 Å². The number of hydrogen-bond donors (Lipinski definition) is 2. The quantitative estimate of drug-likeness (QED) is 0.835. The molecule has 0 radical (unpaired) electrons. The summed E-state index contributed by atoms with van der Waals surface area (Å²) in [5, 5.41) is 4.94. The Kier molecular flexibility index (Phi) is 4.80. The number of benzene rings is 1. The molecule has 1 aromatic carbocycles. The van der Waals surface area contributed by atoms with Crippen molar-refractivity contribution in [2.75, 3.05) is 19.5 Å². The Balaban J connectivity index is 2.28. The van der Waals surface area contributed by atoms with Crippen molar-refractivity contribution in [1.29, 1.82) is 0 Å². The van der Waals surface area contributed by atoms with Gasteiger partial charge < -0.3 is 14.8 Å². The SMILES string of the molecule is COc1cc(OC)c(NC(=O)c2cc(S)cs2)cc1Cl. The van der Waals surface area contributed by atoms with E-state index >= 15 is 0 Å². The predicted octanol–water partition coefficient (Wildman–Crippen LogP) is 3.96. The average Bonchev–Trinajstić information content (AvgIpc) is 2.86. The molecule has 0 atom stereocenters. The summed E-state index contributed by atoms with van der Waals surface area (Å²) in [5.74, 6) is 0.715. The number of rotatable bonds is 4. The zero-order chi connectivity index (χ0) is 14.7. The van der Waals surface area contributed by atoms with Crippen LogP contribution in [0.1, 0.15) is 9.67 Å². The van der Waals surface area contributed by atoms with E-state index in [1.54, 1.807) is 23.6 Å². The summed E-state index contributed by atoms with van der Waals surface area (Å²) in [6, 6.07) is 4.91. The fourth-order valence-corrected chi connectivity index (χ4v) is 2.87. The maximum atomic E-state index is 12.1. The number of amides is 1. The maximum Gasteiger partial charge on any atom is 0.265 e. The normalized spacial score (nSPS) is 10.2. The van der Waals surface area contributed by atoms with Gasteiger partial charge in [-0.2, -0.15) is 0 Å². The Morgan fingerprint density at radius 3 is 2.50 bits per heavy atom. The van der Waals surface area contributed by atoms with Crippen molar-refractivity contribution in [3.8, 4) is 11.5 Å². The van der Waals surface area contributed by atoms with Gasteiger partial charge in [-0.3, -0.25) is 4.79 Å². The lowest BCUT2D eigenvalue weighted by Crippen LogP contribution is -2.11. The molecule has 4 nitrogen and oxygen atoms in total. The molecule has 20 heavy (non-hydrogen) atoms. The highest BCUT2D eigenvalue weighted by Crippen LogP contribution is 2.36. The van der Waals surface area contributed by atoms with Crippen LogP contribution in [0.25, 0.3) is 0 Å². The van der Waals surface area contributed by atoms with Gasteiger partial charge in [0.25, 0.3) is 5.91 Å². The van der Waals surface area contributed by atoms with Crippen LogP contribution in [0.4, 0.5) is 5.69 Å². The lowest BCUT2D eigenvalue weighted by molar-refractivity contribution is 0.103. The van der Waals surface area contributed by atoms with Crippen LogP contribution < -0.4 is 14.8 Å². The van der Waals surface area contributed by atoms with Crippen LogP contribution in [0, 0.1) is 0 Å². The second-order valence-electron chi connectivity index (χ2n) is 3.81. The average molecular weight is 330 g/mol. The van der Waals surface area contributed by atoms with Gasteiger partial charge in [-0.05, 0) is 12.1 Å². The lowest BCUT2D eigenvalue weighted by Gasteiger charge is -2.12. The van der Waals surface area contributed by atoms with Crippen LogP contribution in [0.3, 0.4) is 0 Å². The Morgan fingerprint density at radius 2 is 1.95 bits per heavy atom. The fraction of sp³-hybridized carbons (Fsp3) is 0.154. The minimum atomic E-state index is -0.241. The number of thiophene rings is 1. The standard InChI is InChI=1S/C13H12ClNO3S2/c1-17-10-5-11(18-2)9(4-8(10)14)15-13(16)12-3-7(19)6-20-12/h3-6,19H,1-2H3,(H,15,16). The molecule has 1 aromatic heterocycles. The Bertz CT molecular complexity index is 643. The summed E-state index contributed by atoms with van der Waals surface area (Å²) in [6.07, 6.45) is 0. The highest BCUT2D eigenvalue weighted by Gasteiger charge is 2.14. The van der Waals surface area contributed by atoms with Crippen molar-refractivity contribution >= 4 is 47.2 Å². The molecule has 0 aliphatic heterocycles. The summed E-state index contributed by atoms with van der Waals surface area (Å²) in [5.41, 5.74) is 0.484. The number of thiol groups is 1. The summed E-state index contributed by atoms with van der Waals surface area (Å²) in [4.78, 5) is 13.4. The number of carbonyl (C=O) groups excluding carboxylic acids is 1. The van der Waals surface area contributed by atoms with Crippen LogP contribution in [0.15, 0.2) is 28.5 Å². The van der Waals surface area contributed by atoms with Gasteiger partial charge in [0.05, 0.1) is 29.8 Å². The van der Waals surface area contributed by atoms with E-state index in [0.717, 1.165) is 4.90 Å². The minimum Gasteiger partial charge on any atom is -0.495 e. The molecule has 1 amide bonds. The molecule has 0 bridgehead atoms. The molecule has 0 unspecified atom stereocenters. The third-order valence-electron chi connectivity index (χ3n) is 2.53. The number of carbonyl (C=O) groups is 1. The van der Waals surface area contributed by atoms with E-state index in [2.05, 4.69) is 17.9 Å². The van der Waals surface area contributed by atoms with E-state index in [1.165, 1.54) is 25.6 Å². The second-order valence-corrected chi connectivity index (χ2v) is 5.65. The summed E-state index contributed by atoms with van der Waals surface area (Å²) >= 11 is 11.5. The van der Waals surface area contributed by atoms with Crippen LogP contribution in [0.2, 0.25) is 5.02 Å². The second kappa shape index (κ2) is 6.39. The van der Waals surface area contributed by atoms with Gasteiger partial charge in [0.15, 0.2) is 0 Å². The molecular weight excluding hydrogens is 318 g/mol. The number of hydrogen-bond acceptors (Lipinski definition) is 5. The molecule has 0 saturated carbocycles. The molecule has 106 valence electrons. The molecule has 0 aliphatic carbocycles. The van der Waals surface area contributed by atoms with Crippen molar-refractivity contribution in [3.05, 3.63) is 33.5 Å². The number of nitrogens with one attached hydrogen (secondary N) is 1. The number of anilines is 1. The van der Waals surface area contributed by atoms with Crippen molar-refractivity contribution in [3.63, 3.8) is 0 Å². The minimum absolute atomic E-state index is 0.241. The molecule has 0 spiro atoms. The van der Waals surface area contributed by atoms with Gasteiger partial charge >= 0.3 is 0 Å². The molecule has 0 fully saturated rings. The van der Waals surface area contributed by atoms with Gasteiger partial charge in [-0.1, -0.05) is 11.6 Å². The molecule has 2 aromatic rings. The Morgan fingerprint density at radius 1 is 1.25 bits per heavy atom. The fourth-order valence-electron chi connectivity index (χ4n) is 1.59. The first-order chi connectivity index (χ1) is 9.55.